The third-order valence-corrected chi connectivity index (χ3v) is 11.7. The van der Waals surface area contributed by atoms with Crippen molar-refractivity contribution in [3.8, 4) is 0 Å². The van der Waals surface area contributed by atoms with Gasteiger partial charge in [-0.15, -0.1) is 0 Å². The van der Waals surface area contributed by atoms with Crippen molar-refractivity contribution in [3.63, 3.8) is 0 Å². The maximum Gasteiger partial charge on any atom is 0.332 e. The number of piperazine rings is 1. The standard InChI is InChI=1S/C41H76N2O4/c1-3-5-7-9-11-13-15-17-19-20-22-24-26-28-30-32-38(44)43-35-34-41(43,40(47)42-37(36-43)39(45)46)33-31-29-27-25-23-21-18-16-14-12-10-8-6-4-2/h37H,3-36H2,1-2H3,(H-,42,45,46,47)/p+1. The van der Waals surface area contributed by atoms with Crippen LogP contribution >= 0.6 is 0 Å². The molecule has 3 unspecified atom stereocenters. The van der Waals surface area contributed by atoms with E-state index in [1.165, 1.54) is 154 Å². The van der Waals surface area contributed by atoms with Crippen LogP contribution < -0.4 is 5.32 Å². The number of unbranched alkanes of at least 4 members (excludes halogenated alkanes) is 27. The number of quaternary nitrogens is 1. The lowest BCUT2D eigenvalue weighted by atomic mass is 9.72. The van der Waals surface area contributed by atoms with Crippen LogP contribution in [-0.2, 0) is 14.4 Å². The van der Waals surface area contributed by atoms with Gasteiger partial charge in [0, 0.05) is 6.42 Å². The summed E-state index contributed by atoms with van der Waals surface area (Å²) in [4.78, 5) is 39.1. The van der Waals surface area contributed by atoms with Crippen LogP contribution in [0.15, 0.2) is 0 Å². The van der Waals surface area contributed by atoms with E-state index in [-0.39, 0.29) is 22.8 Å². The van der Waals surface area contributed by atoms with Gasteiger partial charge in [0.25, 0.3) is 5.91 Å². The molecule has 0 aromatic rings. The minimum Gasteiger partial charge on any atom is -0.480 e. The van der Waals surface area contributed by atoms with Crippen LogP contribution in [-0.4, -0.2) is 52.0 Å². The number of carboxylic acids is 1. The molecule has 0 spiro atoms. The second-order valence-corrected chi connectivity index (χ2v) is 15.5. The number of hydrogen-bond acceptors (Lipinski definition) is 3. The van der Waals surface area contributed by atoms with E-state index in [0.717, 1.165) is 32.1 Å². The summed E-state index contributed by atoms with van der Waals surface area (Å²) in [6.07, 6.45) is 39.2. The molecule has 274 valence electrons. The molecule has 2 rings (SSSR count). The molecule has 2 N–H and O–H groups in total. The van der Waals surface area contributed by atoms with E-state index in [0.29, 0.717) is 25.8 Å². The van der Waals surface area contributed by atoms with Crippen molar-refractivity contribution in [1.82, 2.24) is 5.32 Å². The Morgan fingerprint density at radius 2 is 0.979 bits per heavy atom. The smallest absolute Gasteiger partial charge is 0.332 e. The molecular weight excluding hydrogens is 584 g/mol. The number of carbonyl (C=O) groups excluding carboxylic acids is 2. The number of rotatable bonds is 32. The van der Waals surface area contributed by atoms with Gasteiger partial charge in [-0.25, -0.2) is 14.1 Å². The molecule has 2 fully saturated rings. The first kappa shape index (κ1) is 41.7. The minimum absolute atomic E-state index is 0.0901. The summed E-state index contributed by atoms with van der Waals surface area (Å²) in [5.74, 6) is -1.10. The summed E-state index contributed by atoms with van der Waals surface area (Å²) in [6.45, 7) is 5.38. The quantitative estimate of drug-likeness (QED) is 0.0555. The highest BCUT2D eigenvalue weighted by Gasteiger charge is 2.70. The van der Waals surface area contributed by atoms with Gasteiger partial charge >= 0.3 is 11.9 Å². The van der Waals surface area contributed by atoms with Gasteiger partial charge in [0.1, 0.15) is 6.54 Å². The van der Waals surface area contributed by atoms with Crippen LogP contribution in [0.1, 0.15) is 219 Å². The van der Waals surface area contributed by atoms with Crippen LogP contribution in [0.4, 0.5) is 0 Å². The van der Waals surface area contributed by atoms with Crippen LogP contribution in [0.5, 0.6) is 0 Å². The predicted octanol–water partition coefficient (Wildman–Crippen LogP) is 11.2. The fraction of sp³-hybridized carbons (Fsp3) is 0.927. The maximum atomic E-state index is 13.8. The monoisotopic (exact) mass is 662 g/mol. The third kappa shape index (κ3) is 14.9. The second kappa shape index (κ2) is 25.5. The molecule has 2 amide bonds. The summed E-state index contributed by atoms with van der Waals surface area (Å²) < 4.78 is 0.0901. The Kier molecular flexibility index (Phi) is 22.7. The third-order valence-electron chi connectivity index (χ3n) is 11.7. The lowest BCUT2D eigenvalue weighted by Gasteiger charge is -2.61. The van der Waals surface area contributed by atoms with E-state index >= 15 is 0 Å². The molecule has 0 saturated carbocycles. The number of amides is 2. The number of nitrogens with zero attached hydrogens (tertiary/aromatic N) is 1. The number of fused-ring (bicyclic) bond motifs is 1. The highest BCUT2D eigenvalue weighted by molar-refractivity contribution is 5.93. The average Bonchev–Trinajstić information content (AvgIpc) is 3.05. The molecule has 6 heteroatoms. The van der Waals surface area contributed by atoms with Gasteiger partial charge in [0.2, 0.25) is 0 Å². The first-order valence-corrected chi connectivity index (χ1v) is 20.9. The van der Waals surface area contributed by atoms with Crippen molar-refractivity contribution in [2.75, 3.05) is 13.1 Å². The second-order valence-electron chi connectivity index (χ2n) is 15.5. The fourth-order valence-electron chi connectivity index (χ4n) is 8.41. The summed E-state index contributed by atoms with van der Waals surface area (Å²) >= 11 is 0. The van der Waals surface area contributed by atoms with Gasteiger partial charge in [-0.1, -0.05) is 187 Å². The summed E-state index contributed by atoms with van der Waals surface area (Å²) in [5, 5.41) is 12.5. The van der Waals surface area contributed by atoms with Gasteiger partial charge in [-0.05, 0) is 12.8 Å². The molecule has 47 heavy (non-hydrogen) atoms. The Hall–Kier alpha value is -1.43. The number of carboxylic acid groups (broad SMARTS) is 1. The van der Waals surface area contributed by atoms with Gasteiger partial charge in [0.05, 0.1) is 19.4 Å². The Balaban J connectivity index is 1.62. The average molecular weight is 662 g/mol. The van der Waals surface area contributed by atoms with Crippen molar-refractivity contribution in [2.24, 2.45) is 0 Å². The molecular formula is C41H77N2O4+. The van der Waals surface area contributed by atoms with E-state index < -0.39 is 17.6 Å². The van der Waals surface area contributed by atoms with Crippen molar-refractivity contribution in [3.05, 3.63) is 0 Å². The van der Waals surface area contributed by atoms with Crippen molar-refractivity contribution in [2.45, 2.75) is 231 Å². The molecule has 2 aliphatic heterocycles. The van der Waals surface area contributed by atoms with Crippen molar-refractivity contribution >= 4 is 17.8 Å². The van der Waals surface area contributed by atoms with E-state index in [1.807, 2.05) is 0 Å². The van der Waals surface area contributed by atoms with Crippen LogP contribution in [0.25, 0.3) is 0 Å². The minimum atomic E-state index is -1.02. The summed E-state index contributed by atoms with van der Waals surface area (Å²) in [7, 11) is 0. The SMILES string of the molecule is CCCCCCCCCCCCCCCCCC(=O)[N+]12CCC1(CCCCCCCCCCCCCCCC)C(=O)NC(C(=O)O)C2. The molecule has 2 aliphatic rings. The van der Waals surface area contributed by atoms with E-state index in [4.69, 9.17) is 0 Å². The maximum absolute atomic E-state index is 13.8. The number of aliphatic carboxylic acids is 1. The van der Waals surface area contributed by atoms with E-state index in [9.17, 15) is 19.5 Å². The Labute approximate surface area is 290 Å². The highest BCUT2D eigenvalue weighted by atomic mass is 16.4. The molecule has 6 nitrogen and oxygen atoms in total. The van der Waals surface area contributed by atoms with Crippen LogP contribution in [0.2, 0.25) is 0 Å². The topological polar surface area (TPSA) is 83.5 Å². The van der Waals surface area contributed by atoms with Gasteiger partial charge in [-0.3, -0.25) is 4.79 Å². The summed E-state index contributed by atoms with van der Waals surface area (Å²) in [6, 6.07) is -0.961. The molecule has 0 bridgehead atoms. The van der Waals surface area contributed by atoms with E-state index in [1.54, 1.807) is 0 Å². The van der Waals surface area contributed by atoms with Crippen LogP contribution in [0, 0.1) is 0 Å². The fourth-order valence-corrected chi connectivity index (χ4v) is 8.41. The largest absolute Gasteiger partial charge is 0.480 e. The summed E-state index contributed by atoms with van der Waals surface area (Å²) in [5.41, 5.74) is -0.740. The van der Waals surface area contributed by atoms with Crippen molar-refractivity contribution < 1.29 is 24.0 Å². The zero-order valence-corrected chi connectivity index (χ0v) is 31.2. The molecule has 0 aliphatic carbocycles. The van der Waals surface area contributed by atoms with Gasteiger partial charge in [-0.2, -0.15) is 0 Å². The molecule has 0 aromatic carbocycles. The molecule has 2 heterocycles. The first-order valence-electron chi connectivity index (χ1n) is 20.9. The molecule has 0 aromatic heterocycles. The molecule has 3 atom stereocenters. The predicted molar refractivity (Wildman–Crippen MR) is 196 cm³/mol. The number of carbonyl (C=O) groups is 3. The zero-order chi connectivity index (χ0) is 34.1. The van der Waals surface area contributed by atoms with E-state index in [2.05, 4.69) is 19.2 Å². The lowest BCUT2D eigenvalue weighted by Crippen LogP contribution is -2.86. The number of hydrogen-bond donors (Lipinski definition) is 2. The van der Waals surface area contributed by atoms with Gasteiger partial charge < -0.3 is 10.4 Å². The van der Waals surface area contributed by atoms with Gasteiger partial charge in [0.15, 0.2) is 11.6 Å². The molecule has 0 radical (unpaired) electrons. The van der Waals surface area contributed by atoms with Crippen molar-refractivity contribution in [1.29, 1.82) is 0 Å². The normalized spacial score (nSPS) is 22.1. The zero-order valence-electron chi connectivity index (χ0n) is 31.2. The Morgan fingerprint density at radius 3 is 1.32 bits per heavy atom. The number of nitrogens with one attached hydrogen (secondary N) is 1. The highest BCUT2D eigenvalue weighted by Crippen LogP contribution is 2.47. The Bertz CT molecular complexity index is 847. The lowest BCUT2D eigenvalue weighted by molar-refractivity contribution is -0.943. The van der Waals surface area contributed by atoms with Crippen LogP contribution in [0.3, 0.4) is 0 Å². The first-order chi connectivity index (χ1) is 22.9. The Morgan fingerprint density at radius 1 is 0.617 bits per heavy atom. The molecule has 2 saturated heterocycles.